The fourth-order valence-corrected chi connectivity index (χ4v) is 7.51. The maximum atomic E-state index is 12.9. The van der Waals surface area contributed by atoms with Gasteiger partial charge in [-0.2, -0.15) is 0 Å². The van der Waals surface area contributed by atoms with Crippen molar-refractivity contribution in [3.8, 4) is 0 Å². The summed E-state index contributed by atoms with van der Waals surface area (Å²) in [7, 11) is 1.55. The van der Waals surface area contributed by atoms with Crippen LogP contribution in [0.2, 0.25) is 0 Å². The standard InChI is InChI=1S/C52H95N2O6P/c1-6-8-10-12-14-16-18-20-22-24-26-27-28-30-32-34-36-38-40-42-44-46-52(56)53-50(49-60-61(57,58)59-48-47-54(3,4)5)51(55)45-43-41-39-37-35-33-31-29-25-23-21-19-17-15-13-11-9-7-2/h8,10,14,16,20,22,26-27,30,32,43,45,50-51,55H,6-7,9,11-13,15,17-19,21,23-25,28-29,31,33-42,44,46-49H2,1-5H3,(H-,53,56,57,58)/p+1/b10-8-,16-14-,22-20-,27-26-,32-30-,45-43+. The van der Waals surface area contributed by atoms with Gasteiger partial charge in [-0.25, -0.2) is 4.57 Å². The minimum absolute atomic E-state index is 0.0540. The molecule has 0 heterocycles. The van der Waals surface area contributed by atoms with Crippen molar-refractivity contribution < 1.29 is 32.9 Å². The topological polar surface area (TPSA) is 105 Å². The average Bonchev–Trinajstić information content (AvgIpc) is 3.21. The van der Waals surface area contributed by atoms with Crippen molar-refractivity contribution in [3.63, 3.8) is 0 Å². The van der Waals surface area contributed by atoms with Gasteiger partial charge in [-0.3, -0.25) is 13.8 Å². The van der Waals surface area contributed by atoms with E-state index in [1.807, 2.05) is 27.2 Å². The SMILES string of the molecule is CC/C=C\C/C=C\C/C=C\C/C=C\C/C=C\CCCCCCCC(=O)NC(COP(=O)(O)OCC[N+](C)(C)C)C(O)/C=C/CCCCCCCCCCCCCCCCCC. The summed E-state index contributed by atoms with van der Waals surface area (Å²) in [5.74, 6) is -0.198. The Balaban J connectivity index is 4.41. The number of carbonyl (C=O) groups excluding carboxylic acids is 1. The molecule has 3 N–H and O–H groups in total. The van der Waals surface area contributed by atoms with E-state index in [2.05, 4.69) is 79.9 Å². The lowest BCUT2D eigenvalue weighted by molar-refractivity contribution is -0.870. The number of carbonyl (C=O) groups is 1. The van der Waals surface area contributed by atoms with Crippen LogP contribution in [0.5, 0.6) is 0 Å². The quantitative estimate of drug-likeness (QED) is 0.0244. The normalized spacial score (nSPS) is 14.8. The number of hydrogen-bond acceptors (Lipinski definition) is 5. The molecule has 3 atom stereocenters. The van der Waals surface area contributed by atoms with E-state index in [0.717, 1.165) is 89.9 Å². The summed E-state index contributed by atoms with van der Waals surface area (Å²) >= 11 is 0. The van der Waals surface area contributed by atoms with Crippen LogP contribution in [0.4, 0.5) is 0 Å². The minimum atomic E-state index is -4.35. The van der Waals surface area contributed by atoms with Crippen LogP contribution >= 0.6 is 7.82 Å². The largest absolute Gasteiger partial charge is 0.472 e. The molecule has 0 aromatic heterocycles. The van der Waals surface area contributed by atoms with Gasteiger partial charge in [-0.05, 0) is 64.2 Å². The van der Waals surface area contributed by atoms with E-state index in [9.17, 15) is 19.4 Å². The summed E-state index contributed by atoms with van der Waals surface area (Å²) in [5, 5.41) is 13.9. The van der Waals surface area contributed by atoms with Gasteiger partial charge in [0.1, 0.15) is 13.2 Å². The van der Waals surface area contributed by atoms with E-state index in [0.29, 0.717) is 17.4 Å². The minimum Gasteiger partial charge on any atom is -0.387 e. The third-order valence-electron chi connectivity index (χ3n) is 10.7. The molecule has 61 heavy (non-hydrogen) atoms. The van der Waals surface area contributed by atoms with Crippen molar-refractivity contribution >= 4 is 13.7 Å². The molecule has 0 aromatic rings. The second-order valence-corrected chi connectivity index (χ2v) is 19.3. The average molecular weight is 876 g/mol. The first kappa shape index (κ1) is 58.9. The van der Waals surface area contributed by atoms with E-state index in [-0.39, 0.29) is 19.1 Å². The van der Waals surface area contributed by atoms with Gasteiger partial charge in [-0.15, -0.1) is 0 Å². The molecule has 1 amide bonds. The number of nitrogens with one attached hydrogen (secondary N) is 1. The highest BCUT2D eigenvalue weighted by Gasteiger charge is 2.27. The molecular weight excluding hydrogens is 780 g/mol. The second-order valence-electron chi connectivity index (χ2n) is 17.8. The van der Waals surface area contributed by atoms with E-state index in [1.165, 1.54) is 89.9 Å². The van der Waals surface area contributed by atoms with Crippen LogP contribution in [0.15, 0.2) is 72.9 Å². The summed E-state index contributed by atoms with van der Waals surface area (Å²) in [4.78, 5) is 23.2. The molecule has 0 rings (SSSR count). The lowest BCUT2D eigenvalue weighted by atomic mass is 10.0. The third kappa shape index (κ3) is 45.8. The van der Waals surface area contributed by atoms with Crippen LogP contribution in [0.25, 0.3) is 0 Å². The van der Waals surface area contributed by atoms with E-state index < -0.39 is 20.0 Å². The predicted molar refractivity (Wildman–Crippen MR) is 263 cm³/mol. The van der Waals surface area contributed by atoms with E-state index in [1.54, 1.807) is 6.08 Å². The number of quaternary nitrogens is 1. The maximum Gasteiger partial charge on any atom is 0.472 e. The number of phosphoric ester groups is 1. The lowest BCUT2D eigenvalue weighted by Crippen LogP contribution is -2.45. The van der Waals surface area contributed by atoms with Gasteiger partial charge in [0.25, 0.3) is 0 Å². The van der Waals surface area contributed by atoms with Gasteiger partial charge in [-0.1, -0.05) is 202 Å². The highest BCUT2D eigenvalue weighted by atomic mass is 31.2. The highest BCUT2D eigenvalue weighted by Crippen LogP contribution is 2.43. The molecule has 0 spiro atoms. The number of phosphoric acid groups is 1. The number of aliphatic hydroxyl groups is 1. The number of likely N-dealkylation sites (N-methyl/N-ethyl adjacent to an activating group) is 1. The van der Waals surface area contributed by atoms with Gasteiger partial charge in [0.05, 0.1) is 39.9 Å². The van der Waals surface area contributed by atoms with Crippen LogP contribution < -0.4 is 5.32 Å². The van der Waals surface area contributed by atoms with Gasteiger partial charge in [0.15, 0.2) is 0 Å². The first-order chi connectivity index (χ1) is 29.5. The first-order valence-electron chi connectivity index (χ1n) is 24.8. The van der Waals surface area contributed by atoms with Crippen LogP contribution in [0, 0.1) is 0 Å². The molecule has 0 radical (unpaired) electrons. The monoisotopic (exact) mass is 876 g/mol. The summed E-state index contributed by atoms with van der Waals surface area (Å²) < 4.78 is 23.6. The van der Waals surface area contributed by atoms with Crippen molar-refractivity contribution in [2.75, 3.05) is 40.9 Å². The molecule has 354 valence electrons. The third-order valence-corrected chi connectivity index (χ3v) is 11.7. The highest BCUT2D eigenvalue weighted by molar-refractivity contribution is 7.47. The Morgan fingerprint density at radius 3 is 1.44 bits per heavy atom. The molecule has 0 aromatic carbocycles. The van der Waals surface area contributed by atoms with Crippen molar-refractivity contribution in [1.29, 1.82) is 0 Å². The fraction of sp³-hybridized carbons (Fsp3) is 0.750. The zero-order valence-corrected chi connectivity index (χ0v) is 41.0. The molecule has 0 aliphatic carbocycles. The molecule has 3 unspecified atom stereocenters. The summed E-state index contributed by atoms with van der Waals surface area (Å²) in [5.41, 5.74) is 0. The Kier molecular flexibility index (Phi) is 41.7. The summed E-state index contributed by atoms with van der Waals surface area (Å²) in [6, 6.07) is -0.861. The summed E-state index contributed by atoms with van der Waals surface area (Å²) in [6.07, 6.45) is 58.3. The van der Waals surface area contributed by atoms with E-state index in [4.69, 9.17) is 9.05 Å². The fourth-order valence-electron chi connectivity index (χ4n) is 6.77. The van der Waals surface area contributed by atoms with E-state index >= 15 is 0 Å². The molecule has 0 aliphatic rings. The molecule has 0 bridgehead atoms. The molecule has 9 heteroatoms. The Hall–Kier alpha value is -2.06. The Morgan fingerprint density at radius 1 is 0.574 bits per heavy atom. The van der Waals surface area contributed by atoms with Crippen molar-refractivity contribution in [2.45, 2.75) is 212 Å². The molecule has 0 fully saturated rings. The van der Waals surface area contributed by atoms with Crippen molar-refractivity contribution in [1.82, 2.24) is 5.32 Å². The predicted octanol–water partition coefficient (Wildman–Crippen LogP) is 14.4. The Morgan fingerprint density at radius 2 is 0.984 bits per heavy atom. The molecule has 0 saturated carbocycles. The maximum absolute atomic E-state index is 12.9. The number of allylic oxidation sites excluding steroid dienone is 11. The number of nitrogens with zero attached hydrogens (tertiary/aromatic N) is 1. The van der Waals surface area contributed by atoms with Crippen molar-refractivity contribution in [2.24, 2.45) is 0 Å². The molecule has 0 saturated heterocycles. The van der Waals surface area contributed by atoms with Crippen LogP contribution in [0.1, 0.15) is 200 Å². The number of unbranched alkanes of at least 4 members (excludes halogenated alkanes) is 21. The van der Waals surface area contributed by atoms with Gasteiger partial charge >= 0.3 is 7.82 Å². The van der Waals surface area contributed by atoms with Gasteiger partial charge in [0.2, 0.25) is 5.91 Å². The smallest absolute Gasteiger partial charge is 0.387 e. The Bertz CT molecular complexity index is 1220. The Labute approximate surface area is 376 Å². The lowest BCUT2D eigenvalue weighted by Gasteiger charge is -2.25. The zero-order chi connectivity index (χ0) is 45.0. The molecule has 8 nitrogen and oxygen atoms in total. The van der Waals surface area contributed by atoms with Crippen LogP contribution in [-0.4, -0.2) is 73.4 Å². The molecule has 0 aliphatic heterocycles. The van der Waals surface area contributed by atoms with Crippen LogP contribution in [-0.2, 0) is 18.4 Å². The van der Waals surface area contributed by atoms with Crippen LogP contribution in [0.3, 0.4) is 0 Å². The number of aliphatic hydroxyl groups excluding tert-OH is 1. The van der Waals surface area contributed by atoms with Crippen molar-refractivity contribution in [3.05, 3.63) is 72.9 Å². The second kappa shape index (κ2) is 43.2. The number of rotatable bonds is 44. The summed E-state index contributed by atoms with van der Waals surface area (Å²) in [6.45, 7) is 4.68. The molecular formula is C52H96N2O6P+. The number of amides is 1. The zero-order valence-electron chi connectivity index (χ0n) is 40.1. The first-order valence-corrected chi connectivity index (χ1v) is 26.3. The number of hydrogen-bond donors (Lipinski definition) is 3. The van der Waals surface area contributed by atoms with Gasteiger partial charge in [0, 0.05) is 6.42 Å². The van der Waals surface area contributed by atoms with Gasteiger partial charge < -0.3 is 19.8 Å².